The predicted octanol–water partition coefficient (Wildman–Crippen LogP) is 13.0. The summed E-state index contributed by atoms with van der Waals surface area (Å²) in [6.07, 6.45) is 0. The average molecular weight is 651 g/mol. The topological polar surface area (TPSA) is 9.86 Å². The Balaban J connectivity index is 1.32. The lowest BCUT2D eigenvalue weighted by Crippen LogP contribution is -2.16. The van der Waals surface area contributed by atoms with Crippen LogP contribution in [0.25, 0.3) is 88.0 Å². The van der Waals surface area contributed by atoms with E-state index in [1.165, 1.54) is 99.1 Å². The van der Waals surface area contributed by atoms with Crippen molar-refractivity contribution in [1.29, 1.82) is 0 Å². The zero-order chi connectivity index (χ0) is 33.8. The van der Waals surface area contributed by atoms with Crippen LogP contribution in [0.5, 0.6) is 0 Å². The molecule has 10 aromatic rings. The van der Waals surface area contributed by atoms with Gasteiger partial charge in [-0.25, -0.2) is 0 Å². The number of aromatic nitrogens is 2. The fourth-order valence-electron chi connectivity index (χ4n) is 9.28. The van der Waals surface area contributed by atoms with Gasteiger partial charge in [-0.1, -0.05) is 129 Å². The molecule has 0 fully saturated rings. The van der Waals surface area contributed by atoms with Gasteiger partial charge in [0.1, 0.15) is 0 Å². The molecule has 0 saturated heterocycles. The summed E-state index contributed by atoms with van der Waals surface area (Å²) >= 11 is 0. The van der Waals surface area contributed by atoms with E-state index in [-0.39, 0.29) is 5.41 Å². The summed E-state index contributed by atoms with van der Waals surface area (Å²) in [6, 6.07) is 62.7. The highest BCUT2D eigenvalue weighted by atomic mass is 15.0. The van der Waals surface area contributed by atoms with Gasteiger partial charge < -0.3 is 9.13 Å². The molecule has 8 aromatic carbocycles. The van der Waals surface area contributed by atoms with Gasteiger partial charge in [-0.15, -0.1) is 0 Å². The fourth-order valence-corrected chi connectivity index (χ4v) is 9.28. The Labute approximate surface area is 296 Å². The van der Waals surface area contributed by atoms with Gasteiger partial charge in [0.2, 0.25) is 0 Å². The van der Waals surface area contributed by atoms with E-state index in [1.54, 1.807) is 0 Å². The maximum atomic E-state index is 2.53. The molecule has 1 aliphatic rings. The number of benzene rings is 8. The highest BCUT2D eigenvalue weighted by Gasteiger charge is 2.40. The minimum atomic E-state index is -0.209. The normalized spacial score (nSPS) is 13.5. The third kappa shape index (κ3) is 3.82. The summed E-state index contributed by atoms with van der Waals surface area (Å²) in [5.41, 5.74) is 15.1. The Kier molecular flexibility index (Phi) is 5.76. The smallest absolute Gasteiger partial charge is 0.0594 e. The lowest BCUT2D eigenvalue weighted by Gasteiger charge is -2.24. The van der Waals surface area contributed by atoms with Crippen LogP contribution in [-0.2, 0) is 5.41 Å². The first-order valence-electron chi connectivity index (χ1n) is 17.9. The lowest BCUT2D eigenvalue weighted by molar-refractivity contribution is 0.664. The van der Waals surface area contributed by atoms with E-state index in [1.807, 2.05) is 0 Å². The van der Waals surface area contributed by atoms with Crippen molar-refractivity contribution >= 4 is 54.4 Å². The molecule has 2 heterocycles. The largest absolute Gasteiger partial charge is 0.309 e. The lowest BCUT2D eigenvalue weighted by atomic mass is 9.80. The van der Waals surface area contributed by atoms with Crippen LogP contribution in [0.4, 0.5) is 0 Å². The summed E-state index contributed by atoms with van der Waals surface area (Å²) in [5.74, 6) is 0. The summed E-state index contributed by atoms with van der Waals surface area (Å²) in [6.45, 7) is 4.84. The van der Waals surface area contributed by atoms with Crippen molar-refractivity contribution in [1.82, 2.24) is 9.13 Å². The van der Waals surface area contributed by atoms with Crippen LogP contribution in [0.3, 0.4) is 0 Å². The number of rotatable bonds is 3. The zero-order valence-electron chi connectivity index (χ0n) is 28.6. The van der Waals surface area contributed by atoms with E-state index in [0.29, 0.717) is 0 Å². The Bertz CT molecular complexity index is 3030. The Morgan fingerprint density at radius 2 is 1.02 bits per heavy atom. The Hall–Kier alpha value is -6.38. The molecular weight excluding hydrogens is 617 g/mol. The Morgan fingerprint density at radius 1 is 0.431 bits per heavy atom. The molecule has 0 saturated carbocycles. The van der Waals surface area contributed by atoms with Crippen LogP contribution in [0, 0.1) is 0 Å². The van der Waals surface area contributed by atoms with E-state index < -0.39 is 0 Å². The predicted molar refractivity (Wildman–Crippen MR) is 216 cm³/mol. The molecule has 0 bridgehead atoms. The van der Waals surface area contributed by atoms with Gasteiger partial charge in [-0.05, 0) is 98.8 Å². The molecule has 2 heteroatoms. The number of fused-ring (bicyclic) bond motifs is 12. The third-order valence-corrected chi connectivity index (χ3v) is 11.4. The van der Waals surface area contributed by atoms with Gasteiger partial charge in [-0.2, -0.15) is 0 Å². The molecule has 11 rings (SSSR count). The fraction of sp³-hybridized carbons (Fsp3) is 0.0612. The van der Waals surface area contributed by atoms with E-state index in [9.17, 15) is 0 Å². The van der Waals surface area contributed by atoms with Gasteiger partial charge in [0.05, 0.1) is 22.1 Å². The molecule has 1 aliphatic carbocycles. The number of hydrogen-bond acceptors (Lipinski definition) is 0. The van der Waals surface area contributed by atoms with Crippen LogP contribution in [0.15, 0.2) is 170 Å². The van der Waals surface area contributed by atoms with Crippen LogP contribution in [0.2, 0.25) is 0 Å². The van der Waals surface area contributed by atoms with Crippen LogP contribution in [0.1, 0.15) is 25.0 Å². The van der Waals surface area contributed by atoms with Crippen LogP contribution in [-0.4, -0.2) is 9.13 Å². The van der Waals surface area contributed by atoms with Crippen molar-refractivity contribution in [3.63, 3.8) is 0 Å². The molecule has 2 nitrogen and oxygen atoms in total. The summed E-state index contributed by atoms with van der Waals surface area (Å²) in [4.78, 5) is 0. The maximum absolute atomic E-state index is 2.53. The van der Waals surface area contributed by atoms with Gasteiger partial charge in [0.25, 0.3) is 0 Å². The highest BCUT2D eigenvalue weighted by molar-refractivity contribution is 6.21. The molecular formula is C49H34N2. The molecule has 0 aliphatic heterocycles. The maximum Gasteiger partial charge on any atom is 0.0594 e. The third-order valence-electron chi connectivity index (χ3n) is 11.4. The zero-order valence-corrected chi connectivity index (χ0v) is 28.6. The molecule has 51 heavy (non-hydrogen) atoms. The second-order valence-corrected chi connectivity index (χ2v) is 14.5. The molecule has 0 atom stereocenters. The SMILES string of the molecule is CC1(C)c2ccc3ccccc3c2-c2cc(-c3ccc4c(c3)c3ccccc3n4-c3ccccc3)c3c4ccccc4n(-c4ccccc4)c3c21. The van der Waals surface area contributed by atoms with Crippen molar-refractivity contribution in [3.8, 4) is 33.6 Å². The van der Waals surface area contributed by atoms with E-state index in [0.717, 1.165) is 0 Å². The molecule has 240 valence electrons. The first-order valence-corrected chi connectivity index (χ1v) is 17.9. The van der Waals surface area contributed by atoms with Gasteiger partial charge in [0, 0.05) is 38.3 Å². The number of nitrogens with zero attached hydrogens (tertiary/aromatic N) is 2. The number of hydrogen-bond donors (Lipinski definition) is 0. The van der Waals surface area contributed by atoms with E-state index >= 15 is 0 Å². The van der Waals surface area contributed by atoms with E-state index in [4.69, 9.17) is 0 Å². The van der Waals surface area contributed by atoms with Crippen molar-refractivity contribution < 1.29 is 0 Å². The minimum absolute atomic E-state index is 0.209. The monoisotopic (exact) mass is 650 g/mol. The minimum Gasteiger partial charge on any atom is -0.309 e. The number of para-hydroxylation sites is 4. The van der Waals surface area contributed by atoms with Gasteiger partial charge in [-0.3, -0.25) is 0 Å². The average Bonchev–Trinajstić information content (AvgIpc) is 3.78. The van der Waals surface area contributed by atoms with Crippen molar-refractivity contribution in [2.24, 2.45) is 0 Å². The standard InChI is InChI=1S/C49H34N2/c1-49(2)41-27-25-31-15-9-10-20-35(31)45(41)40-30-38(46-37-22-12-14-24-43(37)51(48(46)47(40)49)34-18-7-4-8-19-34)32-26-28-44-39(29-32)36-21-11-13-23-42(36)50(44)33-16-5-3-6-17-33/h3-30H,1-2H3. The van der Waals surface area contributed by atoms with Gasteiger partial charge >= 0.3 is 0 Å². The van der Waals surface area contributed by atoms with Crippen molar-refractivity contribution in [3.05, 3.63) is 181 Å². The second-order valence-electron chi connectivity index (χ2n) is 14.5. The first-order chi connectivity index (χ1) is 25.1. The van der Waals surface area contributed by atoms with Crippen molar-refractivity contribution in [2.45, 2.75) is 19.3 Å². The van der Waals surface area contributed by atoms with Gasteiger partial charge in [0.15, 0.2) is 0 Å². The molecule has 0 radical (unpaired) electrons. The molecule has 0 spiro atoms. The van der Waals surface area contributed by atoms with Crippen LogP contribution < -0.4 is 0 Å². The van der Waals surface area contributed by atoms with Crippen LogP contribution >= 0.6 is 0 Å². The molecule has 0 unspecified atom stereocenters. The summed E-state index contributed by atoms with van der Waals surface area (Å²) in [7, 11) is 0. The van der Waals surface area contributed by atoms with Crippen molar-refractivity contribution in [2.75, 3.05) is 0 Å². The molecule has 2 aromatic heterocycles. The summed E-state index contributed by atoms with van der Waals surface area (Å²) in [5, 5.41) is 7.71. The molecule has 0 amide bonds. The second kappa shape index (κ2) is 10.3. The quantitative estimate of drug-likeness (QED) is 0.180. The Morgan fingerprint density at radius 3 is 1.76 bits per heavy atom. The van der Waals surface area contributed by atoms with E-state index in [2.05, 4.69) is 193 Å². The first kappa shape index (κ1) is 28.5. The molecule has 0 N–H and O–H groups in total. The summed E-state index contributed by atoms with van der Waals surface area (Å²) < 4.78 is 4.93. The highest BCUT2D eigenvalue weighted by Crippen LogP contribution is 2.57.